The summed E-state index contributed by atoms with van der Waals surface area (Å²) < 4.78 is 13.6. The molecule has 2 rings (SSSR count). The van der Waals surface area contributed by atoms with Gasteiger partial charge in [-0.1, -0.05) is 31.0 Å². The first-order chi connectivity index (χ1) is 9.20. The van der Waals surface area contributed by atoms with Gasteiger partial charge in [-0.15, -0.1) is 0 Å². The van der Waals surface area contributed by atoms with Gasteiger partial charge in [0, 0.05) is 24.7 Å². The molecule has 0 amide bonds. The average molecular weight is 264 g/mol. The molecule has 1 aromatic rings. The van der Waals surface area contributed by atoms with Crippen LogP contribution in [0.25, 0.3) is 0 Å². The zero-order valence-corrected chi connectivity index (χ0v) is 12.0. The van der Waals surface area contributed by atoms with Gasteiger partial charge in [-0.05, 0) is 38.9 Å². The second kappa shape index (κ2) is 7.01. The van der Waals surface area contributed by atoms with E-state index in [0.717, 1.165) is 12.1 Å². The predicted molar refractivity (Wildman–Crippen MR) is 77.5 cm³/mol. The van der Waals surface area contributed by atoms with E-state index in [4.69, 9.17) is 0 Å². The molecule has 0 saturated heterocycles. The Morgan fingerprint density at radius 1 is 1.26 bits per heavy atom. The zero-order chi connectivity index (χ0) is 13.7. The van der Waals surface area contributed by atoms with Crippen LogP contribution in [-0.4, -0.2) is 31.6 Å². The molecular weight excluding hydrogens is 239 g/mol. The molecule has 2 atom stereocenters. The molecular formula is C16H25FN2. The molecule has 106 valence electrons. The fraction of sp³-hybridized carbons (Fsp3) is 0.625. The third-order valence-corrected chi connectivity index (χ3v) is 4.22. The van der Waals surface area contributed by atoms with Crippen LogP contribution in [0.3, 0.4) is 0 Å². The first-order valence-corrected chi connectivity index (χ1v) is 7.30. The SMILES string of the molecule is CNC1CCCCC1CN(C)Cc1ccccc1F. The standard InChI is InChI=1S/C16H25FN2/c1-18-16-10-6-4-8-14(16)12-19(2)11-13-7-3-5-9-15(13)17/h3,5,7,9,14,16,18H,4,6,8,10-12H2,1-2H3. The van der Waals surface area contributed by atoms with E-state index in [0.29, 0.717) is 18.5 Å². The highest BCUT2D eigenvalue weighted by Crippen LogP contribution is 2.25. The lowest BCUT2D eigenvalue weighted by atomic mass is 9.84. The molecule has 1 N–H and O–H groups in total. The minimum Gasteiger partial charge on any atom is -0.317 e. The topological polar surface area (TPSA) is 15.3 Å². The van der Waals surface area contributed by atoms with Crippen molar-refractivity contribution in [2.75, 3.05) is 20.6 Å². The summed E-state index contributed by atoms with van der Waals surface area (Å²) >= 11 is 0. The van der Waals surface area contributed by atoms with Gasteiger partial charge in [-0.25, -0.2) is 4.39 Å². The molecule has 1 aromatic carbocycles. The number of hydrogen-bond acceptors (Lipinski definition) is 2. The first kappa shape index (κ1) is 14.5. The lowest BCUT2D eigenvalue weighted by Gasteiger charge is -2.34. The van der Waals surface area contributed by atoms with Crippen molar-refractivity contribution in [3.8, 4) is 0 Å². The van der Waals surface area contributed by atoms with Gasteiger partial charge in [0.15, 0.2) is 0 Å². The fourth-order valence-electron chi connectivity index (χ4n) is 3.19. The Kier molecular flexibility index (Phi) is 5.34. The largest absolute Gasteiger partial charge is 0.317 e. The van der Waals surface area contributed by atoms with Crippen LogP contribution >= 0.6 is 0 Å². The monoisotopic (exact) mass is 264 g/mol. The summed E-state index contributed by atoms with van der Waals surface area (Å²) in [6.45, 7) is 1.74. The highest BCUT2D eigenvalue weighted by molar-refractivity contribution is 5.17. The maximum Gasteiger partial charge on any atom is 0.127 e. The van der Waals surface area contributed by atoms with E-state index in [-0.39, 0.29) is 5.82 Å². The number of halogens is 1. The summed E-state index contributed by atoms with van der Waals surface area (Å²) in [5, 5.41) is 3.43. The quantitative estimate of drug-likeness (QED) is 0.879. The van der Waals surface area contributed by atoms with Crippen molar-refractivity contribution in [1.29, 1.82) is 0 Å². The number of benzene rings is 1. The van der Waals surface area contributed by atoms with Crippen LogP contribution in [0.5, 0.6) is 0 Å². The Bertz CT molecular complexity index is 394. The molecule has 0 bridgehead atoms. The normalized spacial score (nSPS) is 23.8. The summed E-state index contributed by atoms with van der Waals surface area (Å²) in [4.78, 5) is 2.25. The number of hydrogen-bond donors (Lipinski definition) is 1. The highest BCUT2D eigenvalue weighted by atomic mass is 19.1. The van der Waals surface area contributed by atoms with Gasteiger partial charge < -0.3 is 10.2 Å². The van der Waals surface area contributed by atoms with Crippen molar-refractivity contribution in [2.24, 2.45) is 5.92 Å². The second-order valence-electron chi connectivity index (χ2n) is 5.73. The number of rotatable bonds is 5. The van der Waals surface area contributed by atoms with E-state index >= 15 is 0 Å². The Morgan fingerprint density at radius 3 is 2.74 bits per heavy atom. The summed E-state index contributed by atoms with van der Waals surface area (Å²) in [5.41, 5.74) is 0.793. The molecule has 1 aliphatic carbocycles. The van der Waals surface area contributed by atoms with Crippen molar-refractivity contribution in [1.82, 2.24) is 10.2 Å². The first-order valence-electron chi connectivity index (χ1n) is 7.30. The second-order valence-corrected chi connectivity index (χ2v) is 5.73. The Labute approximate surface area is 116 Å². The Hall–Kier alpha value is -0.930. The molecule has 1 aliphatic rings. The molecule has 19 heavy (non-hydrogen) atoms. The van der Waals surface area contributed by atoms with E-state index in [9.17, 15) is 4.39 Å². The molecule has 1 fully saturated rings. The van der Waals surface area contributed by atoms with Crippen LogP contribution in [-0.2, 0) is 6.54 Å². The molecule has 2 nitrogen and oxygen atoms in total. The molecule has 2 unspecified atom stereocenters. The van der Waals surface area contributed by atoms with Crippen LogP contribution in [0.15, 0.2) is 24.3 Å². The zero-order valence-electron chi connectivity index (χ0n) is 12.0. The minimum absolute atomic E-state index is 0.0943. The van der Waals surface area contributed by atoms with Gasteiger partial charge in [-0.2, -0.15) is 0 Å². The van der Waals surface area contributed by atoms with Gasteiger partial charge in [0.05, 0.1) is 0 Å². The number of nitrogens with zero attached hydrogens (tertiary/aromatic N) is 1. The Morgan fingerprint density at radius 2 is 2.00 bits per heavy atom. The van der Waals surface area contributed by atoms with Crippen LogP contribution < -0.4 is 5.32 Å². The summed E-state index contributed by atoms with van der Waals surface area (Å²) in [7, 11) is 4.15. The van der Waals surface area contributed by atoms with Crippen LogP contribution in [0.4, 0.5) is 4.39 Å². The van der Waals surface area contributed by atoms with Crippen LogP contribution in [0.1, 0.15) is 31.2 Å². The van der Waals surface area contributed by atoms with Crippen molar-refractivity contribution in [3.63, 3.8) is 0 Å². The molecule has 1 saturated carbocycles. The van der Waals surface area contributed by atoms with E-state index in [1.807, 2.05) is 12.1 Å². The van der Waals surface area contributed by atoms with Crippen molar-refractivity contribution in [2.45, 2.75) is 38.3 Å². The third kappa shape index (κ3) is 4.02. The molecule has 3 heteroatoms. The summed E-state index contributed by atoms with van der Waals surface area (Å²) in [6, 6.07) is 7.69. The molecule has 0 radical (unpaired) electrons. The Balaban J connectivity index is 1.90. The maximum atomic E-state index is 13.6. The molecule has 0 spiro atoms. The van der Waals surface area contributed by atoms with Crippen molar-refractivity contribution >= 4 is 0 Å². The average Bonchev–Trinajstić information content (AvgIpc) is 2.42. The van der Waals surface area contributed by atoms with Gasteiger partial charge >= 0.3 is 0 Å². The van der Waals surface area contributed by atoms with E-state index < -0.39 is 0 Å². The lowest BCUT2D eigenvalue weighted by Crippen LogP contribution is -2.41. The molecule has 0 aromatic heterocycles. The fourth-order valence-corrected chi connectivity index (χ4v) is 3.19. The third-order valence-electron chi connectivity index (χ3n) is 4.22. The van der Waals surface area contributed by atoms with E-state index in [2.05, 4.69) is 24.3 Å². The van der Waals surface area contributed by atoms with Crippen molar-refractivity contribution in [3.05, 3.63) is 35.6 Å². The number of nitrogens with one attached hydrogen (secondary N) is 1. The van der Waals surface area contributed by atoms with Gasteiger partial charge in [-0.3, -0.25) is 0 Å². The summed E-state index contributed by atoms with van der Waals surface area (Å²) in [5.74, 6) is 0.596. The highest BCUT2D eigenvalue weighted by Gasteiger charge is 2.24. The minimum atomic E-state index is -0.0943. The summed E-state index contributed by atoms with van der Waals surface area (Å²) in [6.07, 6.45) is 5.22. The van der Waals surface area contributed by atoms with Crippen LogP contribution in [0, 0.1) is 11.7 Å². The van der Waals surface area contributed by atoms with Crippen LogP contribution in [0.2, 0.25) is 0 Å². The van der Waals surface area contributed by atoms with Crippen molar-refractivity contribution < 1.29 is 4.39 Å². The van der Waals surface area contributed by atoms with Gasteiger partial charge in [0.2, 0.25) is 0 Å². The predicted octanol–water partition coefficient (Wildman–Crippen LogP) is 3.04. The smallest absolute Gasteiger partial charge is 0.127 e. The molecule has 0 heterocycles. The van der Waals surface area contributed by atoms with E-state index in [1.165, 1.54) is 25.7 Å². The maximum absolute atomic E-state index is 13.6. The molecule has 0 aliphatic heterocycles. The van der Waals surface area contributed by atoms with Gasteiger partial charge in [0.1, 0.15) is 5.82 Å². The lowest BCUT2D eigenvalue weighted by molar-refractivity contribution is 0.189. The van der Waals surface area contributed by atoms with E-state index in [1.54, 1.807) is 12.1 Å². The van der Waals surface area contributed by atoms with Gasteiger partial charge in [0.25, 0.3) is 0 Å².